The van der Waals surface area contributed by atoms with E-state index >= 15 is 0 Å². The van der Waals surface area contributed by atoms with Crippen molar-refractivity contribution in [3.63, 3.8) is 0 Å². The van der Waals surface area contributed by atoms with Gasteiger partial charge in [-0.05, 0) is 12.8 Å². The molecule has 0 saturated carbocycles. The summed E-state index contributed by atoms with van der Waals surface area (Å²) >= 11 is 0. The molecule has 1 fully saturated rings. The summed E-state index contributed by atoms with van der Waals surface area (Å²) in [7, 11) is -3.26. The van der Waals surface area contributed by atoms with Gasteiger partial charge in [0.2, 0.25) is 5.91 Å². The van der Waals surface area contributed by atoms with Gasteiger partial charge in [-0.25, -0.2) is 13.4 Å². The predicted octanol–water partition coefficient (Wildman–Crippen LogP) is 1.04. The molecular formula is C14H23N3O3S. The lowest BCUT2D eigenvalue weighted by Crippen LogP contribution is -2.43. The maximum Gasteiger partial charge on any atom is 0.237 e. The number of aryl methyl sites for hydroxylation is 1. The Morgan fingerprint density at radius 3 is 2.86 bits per heavy atom. The number of carbonyl (C=O) groups excluding carboxylic acids is 1. The molecule has 6 nitrogen and oxygen atoms in total. The fraction of sp³-hybridized carbons (Fsp3) is 0.714. The highest BCUT2D eigenvalue weighted by Gasteiger charge is 2.27. The SMILES string of the molecule is CCc1nccn1[C@@H]1CCCN(C(=O)CS(=O)(=O)CC)C1. The van der Waals surface area contributed by atoms with E-state index < -0.39 is 9.84 Å². The second-order valence-electron chi connectivity index (χ2n) is 5.42. The molecule has 7 heteroatoms. The molecule has 1 aromatic rings. The van der Waals surface area contributed by atoms with Gasteiger partial charge in [-0.15, -0.1) is 0 Å². The summed E-state index contributed by atoms with van der Waals surface area (Å²) in [6.45, 7) is 4.84. The van der Waals surface area contributed by atoms with Gasteiger partial charge in [0, 0.05) is 37.7 Å². The van der Waals surface area contributed by atoms with Crippen molar-refractivity contribution < 1.29 is 13.2 Å². The maximum absolute atomic E-state index is 12.2. The number of rotatable bonds is 5. The molecule has 0 spiro atoms. The van der Waals surface area contributed by atoms with Gasteiger partial charge >= 0.3 is 0 Å². The molecule has 1 aromatic heterocycles. The summed E-state index contributed by atoms with van der Waals surface area (Å²) in [6, 6.07) is 0.199. The third-order valence-electron chi connectivity index (χ3n) is 3.99. The Bertz CT molecular complexity index is 594. The van der Waals surface area contributed by atoms with E-state index in [-0.39, 0.29) is 23.5 Å². The van der Waals surface area contributed by atoms with Crippen molar-refractivity contribution in [2.24, 2.45) is 0 Å². The van der Waals surface area contributed by atoms with Gasteiger partial charge < -0.3 is 9.47 Å². The highest BCUT2D eigenvalue weighted by molar-refractivity contribution is 7.92. The fourth-order valence-corrected chi connectivity index (χ4v) is 3.50. The summed E-state index contributed by atoms with van der Waals surface area (Å²) in [5.41, 5.74) is 0. The van der Waals surface area contributed by atoms with Crippen LogP contribution in [-0.2, 0) is 21.1 Å². The molecule has 0 radical (unpaired) electrons. The first-order chi connectivity index (χ1) is 9.96. The van der Waals surface area contributed by atoms with Crippen LogP contribution in [0.4, 0.5) is 0 Å². The molecule has 1 saturated heterocycles. The van der Waals surface area contributed by atoms with E-state index in [0.717, 1.165) is 25.1 Å². The molecule has 0 bridgehead atoms. The fourth-order valence-electron chi connectivity index (χ4n) is 2.74. The zero-order chi connectivity index (χ0) is 15.5. The number of amides is 1. The first-order valence-electron chi connectivity index (χ1n) is 7.46. The summed E-state index contributed by atoms with van der Waals surface area (Å²) in [6.07, 6.45) is 6.46. The number of aromatic nitrogens is 2. The minimum absolute atomic E-state index is 0.0114. The van der Waals surface area contributed by atoms with Crippen molar-refractivity contribution in [2.45, 2.75) is 39.2 Å². The number of nitrogens with zero attached hydrogens (tertiary/aromatic N) is 3. The molecule has 1 aliphatic rings. The summed E-state index contributed by atoms with van der Waals surface area (Å²) in [5, 5.41) is 0. The second-order valence-corrected chi connectivity index (χ2v) is 7.77. The average Bonchev–Trinajstić information content (AvgIpc) is 2.95. The van der Waals surface area contributed by atoms with Gasteiger partial charge in [-0.2, -0.15) is 0 Å². The normalized spacial score (nSPS) is 19.7. The van der Waals surface area contributed by atoms with E-state index in [1.807, 2.05) is 6.20 Å². The van der Waals surface area contributed by atoms with E-state index in [4.69, 9.17) is 0 Å². The van der Waals surface area contributed by atoms with Crippen LogP contribution in [-0.4, -0.2) is 53.4 Å². The molecule has 21 heavy (non-hydrogen) atoms. The van der Waals surface area contributed by atoms with Gasteiger partial charge in [0.25, 0.3) is 0 Å². The van der Waals surface area contributed by atoms with E-state index in [1.165, 1.54) is 0 Å². The quantitative estimate of drug-likeness (QED) is 0.814. The van der Waals surface area contributed by atoms with E-state index in [9.17, 15) is 13.2 Å². The molecule has 1 amide bonds. The Kier molecular flexibility index (Phi) is 5.03. The Morgan fingerprint density at radius 2 is 2.19 bits per heavy atom. The minimum Gasteiger partial charge on any atom is -0.340 e. The van der Waals surface area contributed by atoms with Gasteiger partial charge in [0.15, 0.2) is 9.84 Å². The van der Waals surface area contributed by atoms with Crippen LogP contribution < -0.4 is 0 Å². The van der Waals surface area contributed by atoms with Crippen LogP contribution in [0.25, 0.3) is 0 Å². The number of sulfone groups is 1. The van der Waals surface area contributed by atoms with Crippen molar-refractivity contribution in [1.82, 2.24) is 14.5 Å². The van der Waals surface area contributed by atoms with Crippen LogP contribution in [0.15, 0.2) is 12.4 Å². The molecule has 0 aliphatic carbocycles. The molecular weight excluding hydrogens is 290 g/mol. The number of carbonyl (C=O) groups is 1. The van der Waals surface area contributed by atoms with Crippen molar-refractivity contribution in [3.05, 3.63) is 18.2 Å². The number of imidazole rings is 1. The summed E-state index contributed by atoms with van der Waals surface area (Å²) in [4.78, 5) is 18.2. The van der Waals surface area contributed by atoms with Crippen molar-refractivity contribution in [3.8, 4) is 0 Å². The molecule has 0 aromatic carbocycles. The summed E-state index contributed by atoms with van der Waals surface area (Å²) < 4.78 is 25.3. The van der Waals surface area contributed by atoms with E-state index in [1.54, 1.807) is 18.0 Å². The monoisotopic (exact) mass is 313 g/mol. The lowest BCUT2D eigenvalue weighted by atomic mass is 10.1. The standard InChI is InChI=1S/C14H23N3O3S/c1-3-13-15-7-9-17(13)12-6-5-8-16(10-12)14(18)11-21(19,20)4-2/h7,9,12H,3-6,8,10-11H2,1-2H3/t12-/m1/s1. The lowest BCUT2D eigenvalue weighted by molar-refractivity contribution is -0.130. The highest BCUT2D eigenvalue weighted by atomic mass is 32.2. The topological polar surface area (TPSA) is 72.3 Å². The largest absolute Gasteiger partial charge is 0.340 e. The number of hydrogen-bond acceptors (Lipinski definition) is 4. The third kappa shape index (κ3) is 3.84. The van der Waals surface area contributed by atoms with Crippen LogP contribution in [0.1, 0.15) is 38.6 Å². The molecule has 1 aliphatic heterocycles. The first-order valence-corrected chi connectivity index (χ1v) is 9.29. The number of hydrogen-bond donors (Lipinski definition) is 0. The molecule has 2 rings (SSSR count). The van der Waals surface area contributed by atoms with Crippen LogP contribution in [0.3, 0.4) is 0 Å². The van der Waals surface area contributed by atoms with Gasteiger partial charge in [0.05, 0.1) is 6.04 Å². The lowest BCUT2D eigenvalue weighted by Gasteiger charge is -2.34. The Balaban J connectivity index is 2.06. The van der Waals surface area contributed by atoms with Gasteiger partial charge in [0.1, 0.15) is 11.6 Å². The predicted molar refractivity (Wildman–Crippen MR) is 80.8 cm³/mol. The molecule has 2 heterocycles. The van der Waals surface area contributed by atoms with Gasteiger partial charge in [-0.3, -0.25) is 4.79 Å². The molecule has 118 valence electrons. The zero-order valence-corrected chi connectivity index (χ0v) is 13.5. The Morgan fingerprint density at radius 1 is 1.43 bits per heavy atom. The Labute approximate surface area is 126 Å². The third-order valence-corrected chi connectivity index (χ3v) is 5.56. The van der Waals surface area contributed by atoms with E-state index in [2.05, 4.69) is 16.5 Å². The minimum atomic E-state index is -3.26. The van der Waals surface area contributed by atoms with Crippen LogP contribution in [0.5, 0.6) is 0 Å². The van der Waals surface area contributed by atoms with E-state index in [0.29, 0.717) is 13.1 Å². The van der Waals surface area contributed by atoms with Crippen molar-refractivity contribution in [2.75, 3.05) is 24.6 Å². The summed E-state index contributed by atoms with van der Waals surface area (Å²) in [5.74, 6) is 0.369. The number of likely N-dealkylation sites (tertiary alicyclic amines) is 1. The first kappa shape index (κ1) is 16.0. The highest BCUT2D eigenvalue weighted by Crippen LogP contribution is 2.23. The van der Waals surface area contributed by atoms with Gasteiger partial charge in [-0.1, -0.05) is 13.8 Å². The van der Waals surface area contributed by atoms with Crippen LogP contribution in [0, 0.1) is 0 Å². The second kappa shape index (κ2) is 6.60. The van der Waals surface area contributed by atoms with Crippen molar-refractivity contribution in [1.29, 1.82) is 0 Å². The van der Waals surface area contributed by atoms with Crippen molar-refractivity contribution >= 4 is 15.7 Å². The van der Waals surface area contributed by atoms with Crippen LogP contribution in [0.2, 0.25) is 0 Å². The van der Waals surface area contributed by atoms with Crippen LogP contribution >= 0.6 is 0 Å². The smallest absolute Gasteiger partial charge is 0.237 e. The maximum atomic E-state index is 12.2. The number of piperidine rings is 1. The molecule has 0 unspecified atom stereocenters. The zero-order valence-electron chi connectivity index (χ0n) is 12.7. The molecule has 1 atom stereocenters. The molecule has 0 N–H and O–H groups in total. The Hall–Kier alpha value is -1.37. The average molecular weight is 313 g/mol.